The molecule has 1 nitrogen and oxygen atoms in total. The fraction of sp³-hybridized carbons (Fsp3) is 0.625. The molecule has 1 aliphatic carbocycles. The third-order valence-corrected chi connectivity index (χ3v) is 3.80. The first kappa shape index (κ1) is 12.6. The molecule has 17 heavy (non-hydrogen) atoms. The summed E-state index contributed by atoms with van der Waals surface area (Å²) in [6.45, 7) is 5.66. The third-order valence-electron chi connectivity index (χ3n) is 3.80. The van der Waals surface area contributed by atoms with Crippen molar-refractivity contribution in [1.82, 2.24) is 5.32 Å². The van der Waals surface area contributed by atoms with Gasteiger partial charge < -0.3 is 5.32 Å². The number of hydrogen-bond acceptors (Lipinski definition) is 1. The maximum absolute atomic E-state index is 3.66. The molecule has 0 atom stereocenters. The van der Waals surface area contributed by atoms with E-state index in [9.17, 15) is 0 Å². The molecule has 2 rings (SSSR count). The lowest BCUT2D eigenvalue weighted by Crippen LogP contribution is -2.34. The van der Waals surface area contributed by atoms with Crippen LogP contribution in [-0.2, 0) is 13.0 Å². The van der Waals surface area contributed by atoms with Gasteiger partial charge in [0.25, 0.3) is 0 Å². The maximum atomic E-state index is 3.66. The number of rotatable bonds is 6. The highest BCUT2D eigenvalue weighted by Crippen LogP contribution is 2.20. The van der Waals surface area contributed by atoms with Crippen molar-refractivity contribution in [2.24, 2.45) is 5.92 Å². The van der Waals surface area contributed by atoms with Gasteiger partial charge in [0.05, 0.1) is 0 Å². The second-order valence-electron chi connectivity index (χ2n) is 5.71. The SMILES string of the molecule is CC(C)CCc1ccccc1CNC1CCC1. The topological polar surface area (TPSA) is 12.0 Å². The fourth-order valence-corrected chi connectivity index (χ4v) is 2.28. The van der Waals surface area contributed by atoms with Gasteiger partial charge in [-0.1, -0.05) is 44.5 Å². The van der Waals surface area contributed by atoms with Crippen molar-refractivity contribution in [2.45, 2.75) is 58.5 Å². The summed E-state index contributed by atoms with van der Waals surface area (Å²) < 4.78 is 0. The van der Waals surface area contributed by atoms with E-state index in [1.165, 1.54) is 43.2 Å². The van der Waals surface area contributed by atoms with E-state index in [2.05, 4.69) is 43.4 Å². The summed E-state index contributed by atoms with van der Waals surface area (Å²) >= 11 is 0. The Kier molecular flexibility index (Phi) is 4.61. The van der Waals surface area contributed by atoms with Crippen LogP contribution in [0, 0.1) is 5.92 Å². The second-order valence-corrected chi connectivity index (χ2v) is 5.71. The molecular weight excluding hydrogens is 206 g/mol. The highest BCUT2D eigenvalue weighted by Gasteiger charge is 2.16. The summed E-state index contributed by atoms with van der Waals surface area (Å²) in [5.41, 5.74) is 3.04. The monoisotopic (exact) mass is 231 g/mol. The molecule has 1 saturated carbocycles. The van der Waals surface area contributed by atoms with E-state index in [1.807, 2.05) is 0 Å². The molecule has 1 fully saturated rings. The highest BCUT2D eigenvalue weighted by atomic mass is 14.9. The van der Waals surface area contributed by atoms with Crippen LogP contribution in [0.2, 0.25) is 0 Å². The summed E-state index contributed by atoms with van der Waals surface area (Å²) in [7, 11) is 0. The molecule has 0 amide bonds. The minimum Gasteiger partial charge on any atom is -0.310 e. The van der Waals surface area contributed by atoms with Crippen molar-refractivity contribution in [3.8, 4) is 0 Å². The number of hydrogen-bond donors (Lipinski definition) is 1. The van der Waals surface area contributed by atoms with E-state index in [0.717, 1.165) is 18.5 Å². The predicted octanol–water partition coefficient (Wildman–Crippen LogP) is 3.92. The first-order valence-corrected chi connectivity index (χ1v) is 7.06. The molecule has 1 aliphatic rings. The smallest absolute Gasteiger partial charge is 0.0210 e. The van der Waals surface area contributed by atoms with Gasteiger partial charge in [-0.05, 0) is 42.7 Å². The quantitative estimate of drug-likeness (QED) is 0.782. The molecule has 0 radical (unpaired) electrons. The number of aryl methyl sites for hydroxylation is 1. The van der Waals surface area contributed by atoms with Crippen molar-refractivity contribution in [2.75, 3.05) is 0 Å². The summed E-state index contributed by atoms with van der Waals surface area (Å²) in [5.74, 6) is 0.794. The average Bonchev–Trinajstić information content (AvgIpc) is 2.25. The molecule has 1 aromatic carbocycles. The predicted molar refractivity (Wildman–Crippen MR) is 74.1 cm³/mol. The Hall–Kier alpha value is -0.820. The van der Waals surface area contributed by atoms with Crippen LogP contribution in [0.4, 0.5) is 0 Å². The zero-order valence-electron chi connectivity index (χ0n) is 11.2. The Morgan fingerprint density at radius 1 is 1.18 bits per heavy atom. The molecule has 0 heterocycles. The van der Waals surface area contributed by atoms with Crippen LogP contribution in [0.5, 0.6) is 0 Å². The Labute approximate surface area is 106 Å². The largest absolute Gasteiger partial charge is 0.310 e. The minimum atomic E-state index is 0.785. The lowest BCUT2D eigenvalue weighted by atomic mass is 9.92. The molecule has 0 bridgehead atoms. The standard InChI is InChI=1S/C16H25N/c1-13(2)10-11-14-6-3-4-7-15(14)12-17-16-8-5-9-16/h3-4,6-7,13,16-17H,5,8-12H2,1-2H3. The van der Waals surface area contributed by atoms with Gasteiger partial charge in [-0.2, -0.15) is 0 Å². The van der Waals surface area contributed by atoms with E-state index >= 15 is 0 Å². The van der Waals surface area contributed by atoms with E-state index in [4.69, 9.17) is 0 Å². The molecular formula is C16H25N. The molecule has 0 aliphatic heterocycles. The lowest BCUT2D eigenvalue weighted by molar-refractivity contribution is 0.338. The van der Waals surface area contributed by atoms with Crippen molar-refractivity contribution in [3.63, 3.8) is 0 Å². The summed E-state index contributed by atoms with van der Waals surface area (Å²) in [6, 6.07) is 9.69. The van der Waals surface area contributed by atoms with Crippen molar-refractivity contribution < 1.29 is 0 Å². The van der Waals surface area contributed by atoms with Gasteiger partial charge in [-0.25, -0.2) is 0 Å². The molecule has 1 aromatic rings. The van der Waals surface area contributed by atoms with Crippen molar-refractivity contribution in [1.29, 1.82) is 0 Å². The van der Waals surface area contributed by atoms with E-state index in [-0.39, 0.29) is 0 Å². The number of benzene rings is 1. The van der Waals surface area contributed by atoms with Crippen LogP contribution in [0.3, 0.4) is 0 Å². The van der Waals surface area contributed by atoms with E-state index in [1.54, 1.807) is 0 Å². The van der Waals surface area contributed by atoms with Gasteiger partial charge in [0.1, 0.15) is 0 Å². The van der Waals surface area contributed by atoms with Crippen molar-refractivity contribution in [3.05, 3.63) is 35.4 Å². The minimum absolute atomic E-state index is 0.785. The first-order chi connectivity index (χ1) is 8.25. The third kappa shape index (κ3) is 3.85. The van der Waals surface area contributed by atoms with Gasteiger partial charge in [0.15, 0.2) is 0 Å². The lowest BCUT2D eigenvalue weighted by Gasteiger charge is -2.27. The molecule has 1 N–H and O–H groups in total. The average molecular weight is 231 g/mol. The van der Waals surface area contributed by atoms with Gasteiger partial charge >= 0.3 is 0 Å². The summed E-state index contributed by atoms with van der Waals surface area (Å²) in [5, 5.41) is 3.66. The summed E-state index contributed by atoms with van der Waals surface area (Å²) in [6.07, 6.45) is 6.66. The van der Waals surface area contributed by atoms with Crippen LogP contribution in [0.1, 0.15) is 50.7 Å². The summed E-state index contributed by atoms with van der Waals surface area (Å²) in [4.78, 5) is 0. The highest BCUT2D eigenvalue weighted by molar-refractivity contribution is 5.27. The molecule has 0 aromatic heterocycles. The second kappa shape index (κ2) is 6.20. The Bertz CT molecular complexity index is 339. The van der Waals surface area contributed by atoms with Gasteiger partial charge in [0.2, 0.25) is 0 Å². The van der Waals surface area contributed by atoms with Crippen LogP contribution < -0.4 is 5.32 Å². The maximum Gasteiger partial charge on any atom is 0.0210 e. The van der Waals surface area contributed by atoms with Gasteiger partial charge in [0, 0.05) is 12.6 Å². The first-order valence-electron chi connectivity index (χ1n) is 7.06. The normalized spacial score (nSPS) is 16.2. The van der Waals surface area contributed by atoms with Crippen LogP contribution >= 0.6 is 0 Å². The van der Waals surface area contributed by atoms with Crippen molar-refractivity contribution >= 4 is 0 Å². The molecule has 0 saturated heterocycles. The fourth-order valence-electron chi connectivity index (χ4n) is 2.28. The van der Waals surface area contributed by atoms with Gasteiger partial charge in [-0.3, -0.25) is 0 Å². The zero-order valence-corrected chi connectivity index (χ0v) is 11.2. The molecule has 0 spiro atoms. The van der Waals surface area contributed by atoms with E-state index < -0.39 is 0 Å². The van der Waals surface area contributed by atoms with E-state index in [0.29, 0.717) is 0 Å². The number of nitrogens with one attached hydrogen (secondary N) is 1. The zero-order chi connectivity index (χ0) is 12.1. The van der Waals surface area contributed by atoms with Crippen LogP contribution in [0.25, 0.3) is 0 Å². The Morgan fingerprint density at radius 2 is 1.88 bits per heavy atom. The Balaban J connectivity index is 1.89. The Morgan fingerprint density at radius 3 is 2.47 bits per heavy atom. The molecule has 94 valence electrons. The molecule has 1 heteroatoms. The molecule has 0 unspecified atom stereocenters. The van der Waals surface area contributed by atoms with Crippen LogP contribution in [-0.4, -0.2) is 6.04 Å². The van der Waals surface area contributed by atoms with Crippen LogP contribution in [0.15, 0.2) is 24.3 Å². The van der Waals surface area contributed by atoms with Gasteiger partial charge in [-0.15, -0.1) is 0 Å².